The van der Waals surface area contributed by atoms with Gasteiger partial charge in [-0.05, 0) is 30.4 Å². The van der Waals surface area contributed by atoms with Gasteiger partial charge in [-0.1, -0.05) is 32.4 Å². The molecule has 2 heterocycles. The summed E-state index contributed by atoms with van der Waals surface area (Å²) >= 11 is 6.22. The van der Waals surface area contributed by atoms with Crippen LogP contribution >= 0.6 is 11.6 Å². The van der Waals surface area contributed by atoms with Crippen LogP contribution in [0, 0.1) is 11.3 Å². The number of carbonyl (C=O) groups excluding carboxylic acids is 1. The maximum absolute atomic E-state index is 12.2. The number of pyridine rings is 1. The van der Waals surface area contributed by atoms with Gasteiger partial charge in [-0.3, -0.25) is 4.79 Å². The summed E-state index contributed by atoms with van der Waals surface area (Å²) in [5.41, 5.74) is 0.908. The number of amides is 1. The number of carbonyl (C=O) groups is 1. The summed E-state index contributed by atoms with van der Waals surface area (Å²) in [6.45, 7) is 10.7. The highest BCUT2D eigenvalue weighted by Gasteiger charge is 2.36. The van der Waals surface area contributed by atoms with Crippen molar-refractivity contribution in [1.29, 1.82) is 0 Å². The molecule has 116 valence electrons. The van der Waals surface area contributed by atoms with E-state index in [1.807, 2.05) is 24.0 Å². The van der Waals surface area contributed by atoms with Gasteiger partial charge in [0.2, 0.25) is 5.91 Å². The molecular weight excluding hydrogens is 286 g/mol. The molecule has 1 amide bonds. The highest BCUT2D eigenvalue weighted by Crippen LogP contribution is 2.35. The third kappa shape index (κ3) is 3.88. The summed E-state index contributed by atoms with van der Waals surface area (Å²) in [5, 5.41) is 3.79. The Balaban J connectivity index is 2.11. The fourth-order valence-electron chi connectivity index (χ4n) is 2.56. The Morgan fingerprint density at radius 3 is 2.71 bits per heavy atom. The molecule has 21 heavy (non-hydrogen) atoms. The van der Waals surface area contributed by atoms with Gasteiger partial charge in [-0.2, -0.15) is 0 Å². The Kier molecular flexibility index (Phi) is 4.77. The molecule has 4 nitrogen and oxygen atoms in total. The predicted molar refractivity (Wildman–Crippen MR) is 86.4 cm³/mol. The molecule has 1 aliphatic rings. The highest BCUT2D eigenvalue weighted by atomic mass is 35.5. The SMILES string of the molecule is CCNc1ccc(Cl)c(CN2CC(C(C)(C)C)CC2=O)n1. The van der Waals surface area contributed by atoms with Crippen LogP contribution < -0.4 is 5.32 Å². The zero-order valence-electron chi connectivity index (χ0n) is 13.2. The van der Waals surface area contributed by atoms with Crippen molar-refractivity contribution >= 4 is 23.3 Å². The van der Waals surface area contributed by atoms with E-state index in [0.717, 1.165) is 24.6 Å². The van der Waals surface area contributed by atoms with Crippen LogP contribution in [-0.2, 0) is 11.3 Å². The molecule has 1 unspecified atom stereocenters. The van der Waals surface area contributed by atoms with E-state index in [-0.39, 0.29) is 11.3 Å². The van der Waals surface area contributed by atoms with Crippen molar-refractivity contribution in [3.63, 3.8) is 0 Å². The first-order valence-electron chi connectivity index (χ1n) is 7.48. The summed E-state index contributed by atoms with van der Waals surface area (Å²) in [4.78, 5) is 18.6. The van der Waals surface area contributed by atoms with Gasteiger partial charge in [-0.15, -0.1) is 0 Å². The summed E-state index contributed by atoms with van der Waals surface area (Å²) < 4.78 is 0. The largest absolute Gasteiger partial charge is 0.370 e. The van der Waals surface area contributed by atoms with E-state index in [1.54, 1.807) is 0 Å². The Bertz CT molecular complexity index is 525. The third-order valence-electron chi connectivity index (χ3n) is 4.06. The first-order chi connectivity index (χ1) is 9.81. The van der Waals surface area contributed by atoms with Gasteiger partial charge in [0.25, 0.3) is 0 Å². The quantitative estimate of drug-likeness (QED) is 0.925. The molecule has 0 saturated carbocycles. The van der Waals surface area contributed by atoms with Gasteiger partial charge < -0.3 is 10.2 Å². The average molecular weight is 310 g/mol. The number of anilines is 1. The normalized spacial score (nSPS) is 19.2. The lowest BCUT2D eigenvalue weighted by Gasteiger charge is -2.26. The van der Waals surface area contributed by atoms with Crippen LogP contribution in [0.15, 0.2) is 12.1 Å². The third-order valence-corrected chi connectivity index (χ3v) is 4.40. The zero-order valence-corrected chi connectivity index (χ0v) is 14.0. The van der Waals surface area contributed by atoms with Gasteiger partial charge in [0.1, 0.15) is 5.82 Å². The topological polar surface area (TPSA) is 45.2 Å². The van der Waals surface area contributed by atoms with Crippen LogP contribution in [0.1, 0.15) is 39.8 Å². The molecule has 1 aliphatic heterocycles. The number of nitrogens with one attached hydrogen (secondary N) is 1. The Morgan fingerprint density at radius 2 is 2.14 bits per heavy atom. The molecule has 0 aromatic carbocycles. The number of aromatic nitrogens is 1. The lowest BCUT2D eigenvalue weighted by atomic mass is 9.80. The molecule has 1 aromatic rings. The molecule has 1 saturated heterocycles. The van der Waals surface area contributed by atoms with E-state index in [4.69, 9.17) is 11.6 Å². The second-order valence-electron chi connectivity index (χ2n) is 6.70. The molecule has 0 bridgehead atoms. The summed E-state index contributed by atoms with van der Waals surface area (Å²) in [7, 11) is 0. The fraction of sp³-hybridized carbons (Fsp3) is 0.625. The second kappa shape index (κ2) is 6.22. The smallest absolute Gasteiger partial charge is 0.223 e. The van der Waals surface area contributed by atoms with Crippen LogP contribution in [0.5, 0.6) is 0 Å². The summed E-state index contributed by atoms with van der Waals surface area (Å²) in [6.07, 6.45) is 0.619. The van der Waals surface area contributed by atoms with Gasteiger partial charge in [0.15, 0.2) is 0 Å². The Labute approximate surface area is 131 Å². The number of nitrogens with zero attached hydrogens (tertiary/aromatic N) is 2. The summed E-state index contributed by atoms with van der Waals surface area (Å²) in [6, 6.07) is 3.70. The van der Waals surface area contributed by atoms with E-state index in [2.05, 4.69) is 31.1 Å². The minimum Gasteiger partial charge on any atom is -0.370 e. The number of rotatable bonds is 4. The van der Waals surface area contributed by atoms with Crippen LogP contribution in [0.2, 0.25) is 5.02 Å². The van der Waals surface area contributed by atoms with Gasteiger partial charge in [-0.25, -0.2) is 4.98 Å². The molecule has 1 fully saturated rings. The molecular formula is C16H24ClN3O. The number of likely N-dealkylation sites (tertiary alicyclic amines) is 1. The molecule has 0 aliphatic carbocycles. The van der Waals surface area contributed by atoms with Gasteiger partial charge >= 0.3 is 0 Å². The standard InChI is InChI=1S/C16H24ClN3O/c1-5-18-14-7-6-12(17)13(19-14)10-20-9-11(8-15(20)21)16(2,3)4/h6-7,11H,5,8-10H2,1-4H3,(H,18,19). The van der Waals surface area contributed by atoms with Crippen LogP contribution in [0.4, 0.5) is 5.82 Å². The van der Waals surface area contributed by atoms with Crippen LogP contribution in [0.3, 0.4) is 0 Å². The van der Waals surface area contributed by atoms with Crippen molar-refractivity contribution in [2.75, 3.05) is 18.4 Å². The molecule has 1 atom stereocenters. The minimum atomic E-state index is 0.146. The maximum Gasteiger partial charge on any atom is 0.223 e. The van der Waals surface area contributed by atoms with Gasteiger partial charge in [0, 0.05) is 19.5 Å². The number of hydrogen-bond acceptors (Lipinski definition) is 3. The van der Waals surface area contributed by atoms with Crippen molar-refractivity contribution in [2.45, 2.75) is 40.7 Å². The van der Waals surface area contributed by atoms with E-state index in [1.165, 1.54) is 0 Å². The van der Waals surface area contributed by atoms with Crippen molar-refractivity contribution in [3.8, 4) is 0 Å². The monoisotopic (exact) mass is 309 g/mol. The lowest BCUT2D eigenvalue weighted by molar-refractivity contribution is -0.128. The van der Waals surface area contributed by atoms with Crippen LogP contribution in [-0.4, -0.2) is 28.9 Å². The molecule has 5 heteroatoms. The Hall–Kier alpha value is -1.29. The van der Waals surface area contributed by atoms with Gasteiger partial charge in [0.05, 0.1) is 17.3 Å². The maximum atomic E-state index is 12.2. The number of hydrogen-bond donors (Lipinski definition) is 1. The Morgan fingerprint density at radius 1 is 1.43 bits per heavy atom. The molecule has 2 rings (SSSR count). The predicted octanol–water partition coefficient (Wildman–Crippen LogP) is 3.56. The van der Waals surface area contributed by atoms with Crippen molar-refractivity contribution < 1.29 is 4.79 Å². The zero-order chi connectivity index (χ0) is 15.6. The van der Waals surface area contributed by atoms with E-state index in [0.29, 0.717) is 23.9 Å². The first kappa shape index (κ1) is 16.1. The van der Waals surface area contributed by atoms with Crippen molar-refractivity contribution in [3.05, 3.63) is 22.8 Å². The van der Waals surface area contributed by atoms with Crippen molar-refractivity contribution in [1.82, 2.24) is 9.88 Å². The molecule has 1 N–H and O–H groups in total. The lowest BCUT2D eigenvalue weighted by Crippen LogP contribution is -2.27. The fourth-order valence-corrected chi connectivity index (χ4v) is 2.73. The van der Waals surface area contributed by atoms with Crippen LogP contribution in [0.25, 0.3) is 0 Å². The first-order valence-corrected chi connectivity index (χ1v) is 7.86. The van der Waals surface area contributed by atoms with E-state index >= 15 is 0 Å². The van der Waals surface area contributed by atoms with E-state index < -0.39 is 0 Å². The van der Waals surface area contributed by atoms with Crippen molar-refractivity contribution in [2.24, 2.45) is 11.3 Å². The molecule has 0 radical (unpaired) electrons. The molecule has 1 aromatic heterocycles. The highest BCUT2D eigenvalue weighted by molar-refractivity contribution is 6.31. The second-order valence-corrected chi connectivity index (χ2v) is 7.10. The average Bonchev–Trinajstić information content (AvgIpc) is 2.75. The summed E-state index contributed by atoms with van der Waals surface area (Å²) in [5.74, 6) is 1.39. The molecule has 0 spiro atoms. The number of halogens is 1. The minimum absolute atomic E-state index is 0.146. The van der Waals surface area contributed by atoms with E-state index in [9.17, 15) is 4.79 Å².